The van der Waals surface area contributed by atoms with E-state index in [2.05, 4.69) is 19.9 Å². The molecule has 0 saturated heterocycles. The van der Waals surface area contributed by atoms with E-state index in [1.165, 1.54) is 0 Å². The molecule has 3 saturated carbocycles. The molecule has 0 aromatic carbocycles. The standard InChI is InChI=1S/C27H37ClO5/c1-5-23(30)15(2)25(32)33-14-24(31)20-7-6-18-17-13-22(28)21-12-16(29)8-10-27(21,4)19(17)9-11-26(18,20)3/h8,10,12,15,17-20,22-23,30H,5-7,9,11,13-14H2,1-4H3/t15?,17-,18-,19-,20+,22-,23?,26-,27+/m0/s1. The fourth-order valence-corrected chi connectivity index (χ4v) is 8.12. The van der Waals surface area contributed by atoms with Crippen molar-refractivity contribution in [3.8, 4) is 0 Å². The van der Waals surface area contributed by atoms with E-state index in [-0.39, 0.29) is 40.3 Å². The molecule has 33 heavy (non-hydrogen) atoms. The van der Waals surface area contributed by atoms with Gasteiger partial charge in [-0.2, -0.15) is 0 Å². The first kappa shape index (κ1) is 24.7. The van der Waals surface area contributed by atoms with Gasteiger partial charge in [0.25, 0.3) is 0 Å². The van der Waals surface area contributed by atoms with Crippen LogP contribution >= 0.6 is 11.6 Å². The number of Topliss-reactive ketones (excluding diaryl/α,β-unsaturated/α-hetero) is 1. The normalized spacial score (nSPS) is 41.3. The van der Waals surface area contributed by atoms with Crippen molar-refractivity contribution in [3.05, 3.63) is 23.8 Å². The summed E-state index contributed by atoms with van der Waals surface area (Å²) in [5, 5.41) is 9.74. The number of halogens is 1. The number of carbonyl (C=O) groups is 3. The van der Waals surface area contributed by atoms with Gasteiger partial charge in [0.15, 0.2) is 11.6 Å². The monoisotopic (exact) mass is 476 g/mol. The molecule has 182 valence electrons. The molecular weight excluding hydrogens is 440 g/mol. The molecule has 4 aliphatic carbocycles. The van der Waals surface area contributed by atoms with Gasteiger partial charge in [-0.3, -0.25) is 14.4 Å². The fourth-order valence-electron chi connectivity index (χ4n) is 7.61. The van der Waals surface area contributed by atoms with Crippen molar-refractivity contribution in [1.29, 1.82) is 0 Å². The summed E-state index contributed by atoms with van der Waals surface area (Å²) < 4.78 is 5.33. The Hall–Kier alpha value is -1.46. The number of rotatable bonds is 6. The number of hydrogen-bond donors (Lipinski definition) is 1. The van der Waals surface area contributed by atoms with Crippen LogP contribution in [0.5, 0.6) is 0 Å². The summed E-state index contributed by atoms with van der Waals surface area (Å²) in [5.41, 5.74) is 0.738. The van der Waals surface area contributed by atoms with E-state index in [0.29, 0.717) is 24.2 Å². The lowest BCUT2D eigenvalue weighted by Gasteiger charge is -2.57. The second kappa shape index (κ2) is 8.96. The number of allylic oxidation sites excluding steroid dienone is 4. The first-order valence-electron chi connectivity index (χ1n) is 12.5. The third-order valence-corrected chi connectivity index (χ3v) is 10.1. The number of esters is 1. The van der Waals surface area contributed by atoms with Crippen molar-refractivity contribution in [1.82, 2.24) is 0 Å². The zero-order valence-electron chi connectivity index (χ0n) is 20.2. The van der Waals surface area contributed by atoms with Gasteiger partial charge < -0.3 is 9.84 Å². The van der Waals surface area contributed by atoms with Gasteiger partial charge in [-0.1, -0.05) is 26.8 Å². The lowest BCUT2D eigenvalue weighted by Crippen LogP contribution is -2.52. The Bertz CT molecular complexity index is 893. The Balaban J connectivity index is 1.48. The molecule has 0 amide bonds. The van der Waals surface area contributed by atoms with Gasteiger partial charge in [0, 0.05) is 11.3 Å². The maximum Gasteiger partial charge on any atom is 0.311 e. The largest absolute Gasteiger partial charge is 0.457 e. The van der Waals surface area contributed by atoms with Gasteiger partial charge >= 0.3 is 5.97 Å². The average Bonchev–Trinajstić information content (AvgIpc) is 3.15. The Labute approximate surface area is 202 Å². The van der Waals surface area contributed by atoms with Crippen LogP contribution in [0.15, 0.2) is 23.8 Å². The highest BCUT2D eigenvalue weighted by molar-refractivity contribution is 6.23. The van der Waals surface area contributed by atoms with Crippen LogP contribution in [0.25, 0.3) is 0 Å². The third-order valence-electron chi connectivity index (χ3n) is 9.65. The van der Waals surface area contributed by atoms with Crippen LogP contribution in [-0.2, 0) is 19.1 Å². The van der Waals surface area contributed by atoms with Crippen LogP contribution in [0.2, 0.25) is 0 Å². The third kappa shape index (κ3) is 4.03. The highest BCUT2D eigenvalue weighted by Gasteiger charge is 2.61. The average molecular weight is 477 g/mol. The molecule has 0 aromatic heterocycles. The predicted octanol–water partition coefficient (Wildman–Crippen LogP) is 4.65. The first-order chi connectivity index (χ1) is 15.5. The molecule has 6 heteroatoms. The molecule has 9 atom stereocenters. The molecular formula is C27H37ClO5. The van der Waals surface area contributed by atoms with Crippen molar-refractivity contribution in [2.45, 2.75) is 77.7 Å². The highest BCUT2D eigenvalue weighted by atomic mass is 35.5. The Morgan fingerprint density at radius 3 is 2.67 bits per heavy atom. The lowest BCUT2D eigenvalue weighted by molar-refractivity contribution is -0.157. The van der Waals surface area contributed by atoms with E-state index >= 15 is 0 Å². The van der Waals surface area contributed by atoms with Gasteiger partial charge in [0.05, 0.1) is 17.4 Å². The predicted molar refractivity (Wildman–Crippen MR) is 127 cm³/mol. The maximum atomic E-state index is 13.2. The van der Waals surface area contributed by atoms with E-state index < -0.39 is 18.0 Å². The van der Waals surface area contributed by atoms with Gasteiger partial charge in [-0.15, -0.1) is 11.6 Å². The molecule has 4 rings (SSSR count). The van der Waals surface area contributed by atoms with Crippen LogP contribution in [0, 0.1) is 40.4 Å². The minimum absolute atomic E-state index is 0.00169. The maximum absolute atomic E-state index is 13.2. The summed E-state index contributed by atoms with van der Waals surface area (Å²) in [7, 11) is 0. The number of ketones is 2. The molecule has 3 fully saturated rings. The molecule has 0 aromatic rings. The fraction of sp³-hybridized carbons (Fsp3) is 0.741. The molecule has 1 N–H and O–H groups in total. The van der Waals surface area contributed by atoms with Crippen molar-refractivity contribution >= 4 is 29.1 Å². The van der Waals surface area contributed by atoms with Crippen LogP contribution in [-0.4, -0.2) is 40.7 Å². The minimum Gasteiger partial charge on any atom is -0.457 e. The van der Waals surface area contributed by atoms with E-state index in [0.717, 1.165) is 37.7 Å². The highest BCUT2D eigenvalue weighted by Crippen LogP contribution is 2.66. The van der Waals surface area contributed by atoms with Crippen LogP contribution < -0.4 is 0 Å². The summed E-state index contributed by atoms with van der Waals surface area (Å²) in [6, 6.07) is 0. The summed E-state index contributed by atoms with van der Waals surface area (Å²) in [4.78, 5) is 37.5. The summed E-state index contributed by atoms with van der Waals surface area (Å²) in [6.07, 6.45) is 9.81. The van der Waals surface area contributed by atoms with Crippen LogP contribution in [0.4, 0.5) is 0 Å². The number of fused-ring (bicyclic) bond motifs is 5. The van der Waals surface area contributed by atoms with Crippen LogP contribution in [0.3, 0.4) is 0 Å². The Kier molecular flexibility index (Phi) is 6.69. The molecule has 2 unspecified atom stereocenters. The SMILES string of the molecule is CCC(O)C(C)C(=O)OCC(=O)[C@H]1CC[C@H]2[C@@H]3C[C@H](Cl)C4=CC(=O)C=C[C@]4(C)[C@H]3CC[C@]12C. The number of aliphatic hydroxyl groups is 1. The van der Waals surface area contributed by atoms with Gasteiger partial charge in [-0.25, -0.2) is 0 Å². The molecule has 5 nitrogen and oxygen atoms in total. The van der Waals surface area contributed by atoms with E-state index in [1.54, 1.807) is 19.1 Å². The van der Waals surface area contributed by atoms with E-state index in [4.69, 9.17) is 16.3 Å². The van der Waals surface area contributed by atoms with Gasteiger partial charge in [-0.05, 0) is 86.3 Å². The molecule has 0 bridgehead atoms. The smallest absolute Gasteiger partial charge is 0.311 e. The number of carbonyl (C=O) groups excluding carboxylic acids is 3. The Morgan fingerprint density at radius 2 is 1.97 bits per heavy atom. The second-order valence-electron chi connectivity index (χ2n) is 11.2. The molecule has 0 aliphatic heterocycles. The summed E-state index contributed by atoms with van der Waals surface area (Å²) in [6.45, 7) is 7.70. The zero-order chi connectivity index (χ0) is 24.1. The topological polar surface area (TPSA) is 80.7 Å². The molecule has 0 radical (unpaired) electrons. The molecule has 0 heterocycles. The second-order valence-corrected chi connectivity index (χ2v) is 11.7. The van der Waals surface area contributed by atoms with E-state index in [1.807, 2.05) is 6.92 Å². The molecule has 0 spiro atoms. The van der Waals surface area contributed by atoms with Gasteiger partial charge in [0.2, 0.25) is 0 Å². The number of ether oxygens (including phenoxy) is 1. The number of aliphatic hydroxyl groups excluding tert-OH is 1. The summed E-state index contributed by atoms with van der Waals surface area (Å²) >= 11 is 6.85. The molecule has 4 aliphatic rings. The van der Waals surface area contributed by atoms with Gasteiger partial charge in [0.1, 0.15) is 6.61 Å². The van der Waals surface area contributed by atoms with Crippen LogP contribution in [0.1, 0.15) is 66.2 Å². The first-order valence-corrected chi connectivity index (χ1v) is 12.9. The minimum atomic E-state index is -0.754. The lowest BCUT2D eigenvalue weighted by atomic mass is 9.47. The summed E-state index contributed by atoms with van der Waals surface area (Å²) in [5.74, 6) is -0.0180. The quantitative estimate of drug-likeness (QED) is 0.446. The Morgan fingerprint density at radius 1 is 1.24 bits per heavy atom. The van der Waals surface area contributed by atoms with Crippen molar-refractivity contribution in [3.63, 3.8) is 0 Å². The zero-order valence-corrected chi connectivity index (χ0v) is 20.9. The van der Waals surface area contributed by atoms with Crippen molar-refractivity contribution in [2.24, 2.45) is 40.4 Å². The van der Waals surface area contributed by atoms with Crippen molar-refractivity contribution in [2.75, 3.05) is 6.61 Å². The van der Waals surface area contributed by atoms with E-state index in [9.17, 15) is 19.5 Å². The number of hydrogen-bond acceptors (Lipinski definition) is 5. The van der Waals surface area contributed by atoms with Crippen molar-refractivity contribution < 1.29 is 24.2 Å². The number of alkyl halides is 1.